The molecule has 0 saturated carbocycles. The second kappa shape index (κ2) is 5.20. The van der Waals surface area contributed by atoms with Crippen LogP contribution in [0, 0.1) is 0 Å². The third-order valence-corrected chi connectivity index (χ3v) is 2.79. The van der Waals surface area contributed by atoms with E-state index >= 15 is 0 Å². The summed E-state index contributed by atoms with van der Waals surface area (Å²) < 4.78 is 26.0. The number of hydrogen-bond acceptors (Lipinski definition) is 6. The van der Waals surface area contributed by atoms with Crippen molar-refractivity contribution in [3.63, 3.8) is 0 Å². The molecule has 0 amide bonds. The van der Waals surface area contributed by atoms with Gasteiger partial charge in [-0.1, -0.05) is 0 Å². The minimum absolute atomic E-state index is 0.0726. The Balaban J connectivity index is 1.96. The molecule has 2 heterocycles. The number of carbonyl (C=O) groups is 1. The van der Waals surface area contributed by atoms with Gasteiger partial charge < -0.3 is 23.7 Å². The zero-order valence-electron chi connectivity index (χ0n) is 9.38. The Kier molecular flexibility index (Phi) is 3.88. The first-order valence-electron chi connectivity index (χ1n) is 5.17. The highest BCUT2D eigenvalue weighted by atomic mass is 16.7. The molecule has 2 fully saturated rings. The van der Waals surface area contributed by atoms with Crippen LogP contribution in [0.4, 0.5) is 0 Å². The van der Waals surface area contributed by atoms with Crippen molar-refractivity contribution < 1.29 is 28.5 Å². The van der Waals surface area contributed by atoms with E-state index < -0.39 is 6.10 Å². The van der Waals surface area contributed by atoms with Crippen LogP contribution in [0.3, 0.4) is 0 Å². The Morgan fingerprint density at radius 2 is 1.81 bits per heavy atom. The molecule has 0 spiro atoms. The zero-order chi connectivity index (χ0) is 11.5. The summed E-state index contributed by atoms with van der Waals surface area (Å²) in [5.74, 6) is 0.0726. The van der Waals surface area contributed by atoms with E-state index in [2.05, 4.69) is 0 Å². The van der Waals surface area contributed by atoms with E-state index in [0.29, 0.717) is 6.42 Å². The average Bonchev–Trinajstić information content (AvgIpc) is 2.80. The van der Waals surface area contributed by atoms with Gasteiger partial charge in [-0.15, -0.1) is 0 Å². The van der Waals surface area contributed by atoms with Gasteiger partial charge in [-0.25, -0.2) is 0 Å². The van der Waals surface area contributed by atoms with Gasteiger partial charge in [-0.05, 0) is 0 Å². The van der Waals surface area contributed by atoms with Crippen molar-refractivity contribution in [3.8, 4) is 0 Å². The summed E-state index contributed by atoms with van der Waals surface area (Å²) in [4.78, 5) is 11.5. The quantitative estimate of drug-likeness (QED) is 0.586. The largest absolute Gasteiger partial charge is 0.361 e. The topological polar surface area (TPSA) is 63.2 Å². The third kappa shape index (κ3) is 2.11. The molecule has 92 valence electrons. The highest BCUT2D eigenvalue weighted by molar-refractivity contribution is 5.87. The fourth-order valence-corrected chi connectivity index (χ4v) is 2.14. The third-order valence-electron chi connectivity index (χ3n) is 2.79. The Morgan fingerprint density at radius 3 is 2.44 bits per heavy atom. The monoisotopic (exact) mass is 232 g/mol. The van der Waals surface area contributed by atoms with Gasteiger partial charge in [0.05, 0.1) is 6.10 Å². The molecule has 0 aromatic rings. The first-order chi connectivity index (χ1) is 7.77. The van der Waals surface area contributed by atoms with Crippen LogP contribution in [0.5, 0.6) is 0 Å². The molecule has 0 unspecified atom stereocenters. The van der Waals surface area contributed by atoms with Gasteiger partial charge >= 0.3 is 0 Å². The molecule has 2 saturated heterocycles. The van der Waals surface area contributed by atoms with Crippen molar-refractivity contribution in [2.45, 2.75) is 30.8 Å². The second-order valence-electron chi connectivity index (χ2n) is 3.84. The summed E-state index contributed by atoms with van der Waals surface area (Å²) >= 11 is 0. The average molecular weight is 232 g/mol. The molecule has 2 bridgehead atoms. The van der Waals surface area contributed by atoms with Gasteiger partial charge in [-0.3, -0.25) is 4.79 Å². The molecule has 0 aromatic carbocycles. The van der Waals surface area contributed by atoms with E-state index in [0.717, 1.165) is 0 Å². The molecule has 2 rings (SSSR count). The van der Waals surface area contributed by atoms with Crippen molar-refractivity contribution in [1.29, 1.82) is 0 Å². The van der Waals surface area contributed by atoms with Crippen LogP contribution >= 0.6 is 0 Å². The van der Waals surface area contributed by atoms with Crippen LogP contribution < -0.4 is 0 Å². The lowest BCUT2D eigenvalue weighted by Crippen LogP contribution is -2.45. The van der Waals surface area contributed by atoms with Crippen LogP contribution in [0.2, 0.25) is 0 Å². The molecule has 2 aliphatic heterocycles. The molecule has 0 N–H and O–H groups in total. The molecule has 6 nitrogen and oxygen atoms in total. The minimum atomic E-state index is -0.512. The number of fused-ring (bicyclic) bond motifs is 2. The Hall–Kier alpha value is -0.530. The van der Waals surface area contributed by atoms with Crippen LogP contribution in [-0.4, -0.2) is 58.0 Å². The van der Waals surface area contributed by atoms with Gasteiger partial charge in [0.1, 0.15) is 31.9 Å². The van der Waals surface area contributed by atoms with E-state index in [1.165, 1.54) is 7.11 Å². The standard InChI is InChI=1S/C10H16O6/c1-12-4-14-9-7-3-6(11)8(16-7)10(9)15-5-13-2/h7-10H,3-5H2,1-2H3/t7-,8+,9-,10-/m1/s1. The molecule has 0 aliphatic carbocycles. The van der Waals surface area contributed by atoms with Crippen LogP contribution in [0.25, 0.3) is 0 Å². The van der Waals surface area contributed by atoms with Gasteiger partial charge in [-0.2, -0.15) is 0 Å². The molecule has 0 radical (unpaired) electrons. The maximum Gasteiger partial charge on any atom is 0.167 e. The number of ether oxygens (including phenoxy) is 5. The number of rotatable bonds is 6. The Bertz CT molecular complexity index is 256. The normalized spacial score (nSPS) is 37.2. The lowest BCUT2D eigenvalue weighted by molar-refractivity contribution is -0.163. The summed E-state index contributed by atoms with van der Waals surface area (Å²) in [6, 6.07) is 0. The second-order valence-corrected chi connectivity index (χ2v) is 3.84. The van der Waals surface area contributed by atoms with Gasteiger partial charge in [0.2, 0.25) is 0 Å². The van der Waals surface area contributed by atoms with E-state index in [9.17, 15) is 4.79 Å². The fourth-order valence-electron chi connectivity index (χ4n) is 2.14. The summed E-state index contributed by atoms with van der Waals surface area (Å²) in [7, 11) is 3.07. The fraction of sp³-hybridized carbons (Fsp3) is 0.900. The van der Waals surface area contributed by atoms with E-state index in [-0.39, 0.29) is 37.7 Å². The molecule has 16 heavy (non-hydrogen) atoms. The van der Waals surface area contributed by atoms with Crippen molar-refractivity contribution in [2.24, 2.45) is 0 Å². The van der Waals surface area contributed by atoms with Gasteiger partial charge in [0, 0.05) is 20.6 Å². The highest BCUT2D eigenvalue weighted by Gasteiger charge is 2.55. The van der Waals surface area contributed by atoms with Crippen molar-refractivity contribution in [1.82, 2.24) is 0 Å². The number of ketones is 1. The minimum Gasteiger partial charge on any atom is -0.361 e. The molecule has 2 aliphatic rings. The van der Waals surface area contributed by atoms with E-state index in [1.807, 2.05) is 0 Å². The smallest absolute Gasteiger partial charge is 0.167 e. The molecular weight excluding hydrogens is 216 g/mol. The molecule has 6 heteroatoms. The summed E-state index contributed by atoms with van der Waals surface area (Å²) in [6.45, 7) is 0.287. The number of Topliss-reactive ketones (excluding diaryl/α,β-unsaturated/α-hetero) is 1. The zero-order valence-corrected chi connectivity index (χ0v) is 9.38. The van der Waals surface area contributed by atoms with E-state index in [4.69, 9.17) is 23.7 Å². The summed E-state index contributed by atoms with van der Waals surface area (Å²) in [6.07, 6.45) is -0.970. The highest BCUT2D eigenvalue weighted by Crippen LogP contribution is 2.36. The summed E-state index contributed by atoms with van der Waals surface area (Å²) in [5, 5.41) is 0. The summed E-state index contributed by atoms with van der Waals surface area (Å²) in [5.41, 5.74) is 0. The number of hydrogen-bond donors (Lipinski definition) is 0. The maximum atomic E-state index is 11.5. The lowest BCUT2D eigenvalue weighted by Gasteiger charge is -2.26. The van der Waals surface area contributed by atoms with Crippen LogP contribution in [0.15, 0.2) is 0 Å². The lowest BCUT2D eigenvalue weighted by atomic mass is 9.93. The SMILES string of the molecule is COCO[C@H]1[C@H](OCOC)[C@H]2O[C@@H]1CC2=O. The van der Waals surface area contributed by atoms with Crippen LogP contribution in [0.1, 0.15) is 6.42 Å². The first kappa shape index (κ1) is 11.9. The van der Waals surface area contributed by atoms with Gasteiger partial charge in [0.15, 0.2) is 5.78 Å². The van der Waals surface area contributed by atoms with Crippen LogP contribution in [-0.2, 0) is 28.5 Å². The molecule has 4 atom stereocenters. The van der Waals surface area contributed by atoms with Gasteiger partial charge in [0.25, 0.3) is 0 Å². The Morgan fingerprint density at radius 1 is 1.19 bits per heavy atom. The first-order valence-corrected chi connectivity index (χ1v) is 5.17. The van der Waals surface area contributed by atoms with Crippen molar-refractivity contribution >= 4 is 5.78 Å². The molecular formula is C10H16O6. The van der Waals surface area contributed by atoms with Crippen molar-refractivity contribution in [3.05, 3.63) is 0 Å². The predicted molar refractivity (Wildman–Crippen MR) is 51.8 cm³/mol. The number of methoxy groups -OCH3 is 2. The Labute approximate surface area is 93.7 Å². The predicted octanol–water partition coefficient (Wildman–Crippen LogP) is -0.295. The number of carbonyl (C=O) groups excluding carboxylic acids is 1. The maximum absolute atomic E-state index is 11.5. The molecule has 0 aromatic heterocycles. The van der Waals surface area contributed by atoms with Crippen molar-refractivity contribution in [2.75, 3.05) is 27.8 Å². The van der Waals surface area contributed by atoms with E-state index in [1.54, 1.807) is 7.11 Å².